The minimum absolute atomic E-state index is 0.172. The number of carboxylic acid groups (broad SMARTS) is 1. The Labute approximate surface area is 76.2 Å². The van der Waals surface area contributed by atoms with E-state index in [0.29, 0.717) is 0 Å². The van der Waals surface area contributed by atoms with Crippen LogP contribution in [0, 0.1) is 5.92 Å². The summed E-state index contributed by atoms with van der Waals surface area (Å²) in [4.78, 5) is 10.6. The van der Waals surface area contributed by atoms with Gasteiger partial charge in [0.05, 0.1) is 12.1 Å². The number of aliphatic carboxylic acids is 1. The third kappa shape index (κ3) is 1.43. The van der Waals surface area contributed by atoms with E-state index in [4.69, 9.17) is 5.11 Å². The topological polar surface area (TPSA) is 55.1 Å². The molecule has 0 amide bonds. The number of carboxylic acids is 1. The second-order valence-electron chi connectivity index (χ2n) is 3.42. The smallest absolute Gasteiger partial charge is 0.307 e. The van der Waals surface area contributed by atoms with Crippen molar-refractivity contribution in [3.63, 3.8) is 0 Å². The molecule has 0 spiro atoms. The summed E-state index contributed by atoms with van der Waals surface area (Å²) < 4.78 is 1.83. The molecule has 2 atom stereocenters. The molecule has 0 unspecified atom stereocenters. The second-order valence-corrected chi connectivity index (χ2v) is 3.42. The first-order valence-corrected chi connectivity index (χ1v) is 4.47. The van der Waals surface area contributed by atoms with Gasteiger partial charge in [-0.3, -0.25) is 9.48 Å². The lowest BCUT2D eigenvalue weighted by Crippen LogP contribution is -1.98. The zero-order valence-electron chi connectivity index (χ0n) is 7.47. The molecule has 13 heavy (non-hydrogen) atoms. The molecule has 1 N–H and O–H groups in total. The van der Waals surface area contributed by atoms with E-state index in [1.807, 2.05) is 17.8 Å². The molecule has 2 rings (SSSR count). The van der Waals surface area contributed by atoms with E-state index in [0.717, 1.165) is 18.5 Å². The lowest BCUT2D eigenvalue weighted by molar-refractivity contribution is -0.138. The Bertz CT molecular complexity index is 332. The zero-order chi connectivity index (χ0) is 9.42. The number of carbonyl (C=O) groups is 1. The van der Waals surface area contributed by atoms with Crippen molar-refractivity contribution in [3.05, 3.63) is 18.0 Å². The Morgan fingerprint density at radius 3 is 3.08 bits per heavy atom. The Morgan fingerprint density at radius 2 is 2.62 bits per heavy atom. The average Bonchev–Trinajstić information content (AvgIpc) is 2.78. The molecule has 1 aromatic rings. The third-order valence-corrected chi connectivity index (χ3v) is 2.51. The van der Waals surface area contributed by atoms with Gasteiger partial charge in [-0.2, -0.15) is 5.10 Å². The van der Waals surface area contributed by atoms with Crippen LogP contribution in [0.25, 0.3) is 0 Å². The molecule has 1 fully saturated rings. The Morgan fingerprint density at radius 1 is 1.85 bits per heavy atom. The summed E-state index contributed by atoms with van der Waals surface area (Å²) in [5.74, 6) is -0.651. The van der Waals surface area contributed by atoms with Crippen molar-refractivity contribution in [1.82, 2.24) is 9.78 Å². The summed E-state index contributed by atoms with van der Waals surface area (Å²) in [6.45, 7) is 2.85. The Kier molecular flexibility index (Phi) is 1.83. The fourth-order valence-corrected chi connectivity index (χ4v) is 1.58. The molecule has 1 aliphatic rings. The molecule has 1 saturated carbocycles. The highest BCUT2D eigenvalue weighted by Gasteiger charge is 2.44. The normalized spacial score (nSPS) is 25.9. The fourth-order valence-electron chi connectivity index (χ4n) is 1.58. The molecular weight excluding hydrogens is 168 g/mol. The molecule has 0 aromatic carbocycles. The van der Waals surface area contributed by atoms with E-state index in [1.165, 1.54) is 0 Å². The summed E-state index contributed by atoms with van der Waals surface area (Å²) in [5, 5.41) is 12.8. The predicted molar refractivity (Wildman–Crippen MR) is 46.4 cm³/mol. The maximum atomic E-state index is 10.6. The minimum Gasteiger partial charge on any atom is -0.481 e. The van der Waals surface area contributed by atoms with Gasteiger partial charge in [0.25, 0.3) is 0 Å². The number of hydrogen-bond donors (Lipinski definition) is 1. The first-order chi connectivity index (χ1) is 6.22. The quantitative estimate of drug-likeness (QED) is 0.757. The number of aromatic nitrogens is 2. The molecule has 1 heterocycles. The lowest BCUT2D eigenvalue weighted by Gasteiger charge is -1.91. The van der Waals surface area contributed by atoms with E-state index < -0.39 is 5.97 Å². The minimum atomic E-state index is -0.686. The van der Waals surface area contributed by atoms with E-state index in [-0.39, 0.29) is 11.8 Å². The largest absolute Gasteiger partial charge is 0.481 e. The molecule has 0 bridgehead atoms. The van der Waals surface area contributed by atoms with Crippen LogP contribution in [0.2, 0.25) is 0 Å². The number of hydrogen-bond acceptors (Lipinski definition) is 2. The average molecular weight is 180 g/mol. The van der Waals surface area contributed by atoms with Gasteiger partial charge in [0.15, 0.2) is 0 Å². The van der Waals surface area contributed by atoms with Gasteiger partial charge in [-0.25, -0.2) is 0 Å². The summed E-state index contributed by atoms with van der Waals surface area (Å²) in [7, 11) is 0. The van der Waals surface area contributed by atoms with E-state index in [2.05, 4.69) is 5.10 Å². The Hall–Kier alpha value is -1.32. The van der Waals surface area contributed by atoms with E-state index in [1.54, 1.807) is 6.20 Å². The summed E-state index contributed by atoms with van der Waals surface area (Å²) in [5.41, 5.74) is 1.06. The van der Waals surface area contributed by atoms with Crippen molar-refractivity contribution in [2.45, 2.75) is 25.8 Å². The van der Waals surface area contributed by atoms with Crippen LogP contribution in [0.4, 0.5) is 0 Å². The summed E-state index contributed by atoms with van der Waals surface area (Å²) in [6, 6.07) is 0. The van der Waals surface area contributed by atoms with Crippen molar-refractivity contribution >= 4 is 5.97 Å². The maximum absolute atomic E-state index is 10.6. The fraction of sp³-hybridized carbons (Fsp3) is 0.556. The van der Waals surface area contributed by atoms with Crippen molar-refractivity contribution in [2.24, 2.45) is 5.92 Å². The van der Waals surface area contributed by atoms with Gasteiger partial charge in [0, 0.05) is 18.7 Å². The standard InChI is InChI=1S/C9H12N2O2/c1-2-11-5-6(4-10-11)7-3-8(7)9(12)13/h4-5,7-8H,2-3H2,1H3,(H,12,13)/t7-,8-/m0/s1. The number of rotatable bonds is 3. The second kappa shape index (κ2) is 2.87. The van der Waals surface area contributed by atoms with Crippen LogP contribution in [0.5, 0.6) is 0 Å². The molecule has 0 radical (unpaired) electrons. The van der Waals surface area contributed by atoms with Crippen molar-refractivity contribution in [3.8, 4) is 0 Å². The van der Waals surface area contributed by atoms with Gasteiger partial charge in [-0.05, 0) is 18.9 Å². The summed E-state index contributed by atoms with van der Waals surface area (Å²) in [6.07, 6.45) is 4.48. The van der Waals surface area contributed by atoms with Crippen LogP contribution < -0.4 is 0 Å². The van der Waals surface area contributed by atoms with Crippen LogP contribution in [0.15, 0.2) is 12.4 Å². The molecular formula is C9H12N2O2. The molecule has 1 aromatic heterocycles. The van der Waals surface area contributed by atoms with Gasteiger partial charge in [-0.15, -0.1) is 0 Å². The van der Waals surface area contributed by atoms with Crippen molar-refractivity contribution in [2.75, 3.05) is 0 Å². The molecule has 0 saturated heterocycles. The monoisotopic (exact) mass is 180 g/mol. The van der Waals surface area contributed by atoms with Crippen LogP contribution in [0.1, 0.15) is 24.8 Å². The SMILES string of the molecule is CCn1cc([C@@H]2C[C@@H]2C(=O)O)cn1. The number of nitrogens with zero attached hydrogens (tertiary/aromatic N) is 2. The van der Waals surface area contributed by atoms with Gasteiger partial charge in [-0.1, -0.05) is 0 Å². The highest BCUT2D eigenvalue weighted by Crippen LogP contribution is 2.47. The van der Waals surface area contributed by atoms with Gasteiger partial charge < -0.3 is 5.11 Å². The van der Waals surface area contributed by atoms with Crippen molar-refractivity contribution in [1.29, 1.82) is 0 Å². The first-order valence-electron chi connectivity index (χ1n) is 4.47. The third-order valence-electron chi connectivity index (χ3n) is 2.51. The number of aryl methyl sites for hydroxylation is 1. The first kappa shape index (κ1) is 8.29. The zero-order valence-corrected chi connectivity index (χ0v) is 7.47. The van der Waals surface area contributed by atoms with Crippen LogP contribution in [-0.2, 0) is 11.3 Å². The van der Waals surface area contributed by atoms with Gasteiger partial charge >= 0.3 is 5.97 Å². The van der Waals surface area contributed by atoms with Gasteiger partial charge in [0.2, 0.25) is 0 Å². The molecule has 4 nitrogen and oxygen atoms in total. The van der Waals surface area contributed by atoms with Crippen LogP contribution in [0.3, 0.4) is 0 Å². The Balaban J connectivity index is 2.07. The highest BCUT2D eigenvalue weighted by atomic mass is 16.4. The van der Waals surface area contributed by atoms with Gasteiger partial charge in [0.1, 0.15) is 0 Å². The van der Waals surface area contributed by atoms with Crippen LogP contribution >= 0.6 is 0 Å². The van der Waals surface area contributed by atoms with E-state index >= 15 is 0 Å². The molecule has 0 aliphatic heterocycles. The van der Waals surface area contributed by atoms with Crippen LogP contribution in [-0.4, -0.2) is 20.9 Å². The predicted octanol–water partition coefficient (Wildman–Crippen LogP) is 1.09. The highest BCUT2D eigenvalue weighted by molar-refractivity contribution is 5.75. The summed E-state index contributed by atoms with van der Waals surface area (Å²) >= 11 is 0. The maximum Gasteiger partial charge on any atom is 0.307 e. The van der Waals surface area contributed by atoms with Crippen molar-refractivity contribution < 1.29 is 9.90 Å². The molecule has 1 aliphatic carbocycles. The lowest BCUT2D eigenvalue weighted by atomic mass is 10.2. The molecule has 4 heteroatoms. The molecule has 70 valence electrons. The van der Waals surface area contributed by atoms with E-state index in [9.17, 15) is 4.79 Å².